The quantitative estimate of drug-likeness (QED) is 0.600. The molecule has 10 heteroatoms. The number of benzene rings is 1. The Balaban J connectivity index is 1.63. The van der Waals surface area contributed by atoms with Gasteiger partial charge in [-0.25, -0.2) is 4.98 Å². The first-order valence-corrected chi connectivity index (χ1v) is 9.90. The number of thioether (sulfide) groups is 1. The van der Waals surface area contributed by atoms with Crippen LogP contribution < -0.4 is 10.9 Å². The monoisotopic (exact) mass is 471 g/mol. The third kappa shape index (κ3) is 4.93. The van der Waals surface area contributed by atoms with E-state index < -0.39 is 17.6 Å². The molecule has 0 aliphatic carbocycles. The molecule has 1 N–H and O–H groups in total. The lowest BCUT2D eigenvalue weighted by Crippen LogP contribution is -2.18. The molecule has 3 rings (SSSR count). The lowest BCUT2D eigenvalue weighted by Gasteiger charge is -2.13. The number of fused-ring (bicyclic) bond motifs is 1. The maximum absolute atomic E-state index is 13.0. The van der Waals surface area contributed by atoms with E-state index in [0.717, 1.165) is 22.3 Å². The summed E-state index contributed by atoms with van der Waals surface area (Å²) in [6, 6.07) is 9.59. The normalized spacial score (nSPS) is 11.6. The lowest BCUT2D eigenvalue weighted by molar-refractivity contribution is -0.137. The van der Waals surface area contributed by atoms with Crippen LogP contribution in [-0.4, -0.2) is 21.0 Å². The molecule has 0 aliphatic rings. The summed E-state index contributed by atoms with van der Waals surface area (Å²) in [4.78, 5) is 28.5. The van der Waals surface area contributed by atoms with Gasteiger partial charge in [-0.1, -0.05) is 12.1 Å². The van der Waals surface area contributed by atoms with Gasteiger partial charge in [-0.05, 0) is 40.2 Å². The van der Waals surface area contributed by atoms with Crippen LogP contribution in [0.2, 0.25) is 0 Å². The number of hydrogen-bond acceptors (Lipinski definition) is 4. The Morgan fingerprint density at radius 1 is 1.21 bits per heavy atom. The van der Waals surface area contributed by atoms with Crippen LogP contribution in [0.1, 0.15) is 11.3 Å². The molecule has 2 aromatic heterocycles. The van der Waals surface area contributed by atoms with Crippen molar-refractivity contribution in [2.24, 2.45) is 0 Å². The van der Waals surface area contributed by atoms with E-state index in [1.54, 1.807) is 18.3 Å². The van der Waals surface area contributed by atoms with E-state index in [1.807, 2.05) is 0 Å². The van der Waals surface area contributed by atoms with Crippen molar-refractivity contribution in [3.05, 3.63) is 74.7 Å². The largest absolute Gasteiger partial charge is 0.418 e. The van der Waals surface area contributed by atoms with Gasteiger partial charge in [0.25, 0.3) is 5.56 Å². The number of alkyl halides is 3. The molecule has 28 heavy (non-hydrogen) atoms. The number of aromatic nitrogens is 2. The zero-order valence-electron chi connectivity index (χ0n) is 14.2. The average Bonchev–Trinajstić information content (AvgIpc) is 2.62. The Morgan fingerprint density at radius 2 is 1.96 bits per heavy atom. The Hall–Kier alpha value is -2.33. The Morgan fingerprint density at radius 3 is 2.71 bits per heavy atom. The summed E-state index contributed by atoms with van der Waals surface area (Å²) in [7, 11) is 0. The van der Waals surface area contributed by atoms with E-state index in [2.05, 4.69) is 26.2 Å². The molecule has 5 nitrogen and oxygen atoms in total. The first-order valence-electron chi connectivity index (χ1n) is 7.96. The molecule has 0 fully saturated rings. The molecule has 0 unspecified atom stereocenters. The molecule has 0 saturated carbocycles. The number of anilines is 1. The zero-order valence-corrected chi connectivity index (χ0v) is 16.6. The van der Waals surface area contributed by atoms with Gasteiger partial charge in [-0.3, -0.25) is 14.0 Å². The molecule has 1 aromatic carbocycles. The number of para-hydroxylation sites is 1. The standard InChI is InChI=1S/C18H13BrF3N3O2S/c19-11-5-6-15-23-12(7-17(27)25(15)8-11)9-28-10-16(26)24-14-4-2-1-3-13(14)18(20,21)22/h1-8H,9-10H2,(H,24,26). The number of nitrogens with zero attached hydrogens (tertiary/aromatic N) is 2. The van der Waals surface area contributed by atoms with Gasteiger partial charge in [0, 0.05) is 22.5 Å². The van der Waals surface area contributed by atoms with Crippen molar-refractivity contribution in [3.63, 3.8) is 0 Å². The van der Waals surface area contributed by atoms with Crippen molar-refractivity contribution >= 4 is 44.9 Å². The van der Waals surface area contributed by atoms with E-state index >= 15 is 0 Å². The van der Waals surface area contributed by atoms with Gasteiger partial charge in [-0.15, -0.1) is 11.8 Å². The third-order valence-electron chi connectivity index (χ3n) is 3.67. The number of carbonyl (C=O) groups excluding carboxylic acids is 1. The van der Waals surface area contributed by atoms with Crippen molar-refractivity contribution in [3.8, 4) is 0 Å². The van der Waals surface area contributed by atoms with Crippen LogP contribution in [0.15, 0.2) is 57.9 Å². The van der Waals surface area contributed by atoms with Gasteiger partial charge in [0.2, 0.25) is 5.91 Å². The first kappa shape index (κ1) is 20.4. The molecular formula is C18H13BrF3N3O2S. The number of rotatable bonds is 5. The van der Waals surface area contributed by atoms with E-state index in [9.17, 15) is 22.8 Å². The molecule has 0 radical (unpaired) electrons. The molecular weight excluding hydrogens is 459 g/mol. The SMILES string of the molecule is O=C(CSCc1cc(=O)n2cc(Br)ccc2n1)Nc1ccccc1C(F)(F)F. The van der Waals surface area contributed by atoms with Crippen LogP contribution >= 0.6 is 27.7 Å². The summed E-state index contributed by atoms with van der Waals surface area (Å²) in [5.74, 6) is -0.368. The van der Waals surface area contributed by atoms with E-state index in [0.29, 0.717) is 11.3 Å². The fourth-order valence-electron chi connectivity index (χ4n) is 2.47. The fourth-order valence-corrected chi connectivity index (χ4v) is 3.53. The first-order chi connectivity index (χ1) is 13.2. The minimum Gasteiger partial charge on any atom is -0.325 e. The molecule has 0 atom stereocenters. The number of nitrogens with one attached hydrogen (secondary N) is 1. The van der Waals surface area contributed by atoms with Crippen LogP contribution in [-0.2, 0) is 16.7 Å². The van der Waals surface area contributed by atoms with Gasteiger partial charge in [0.1, 0.15) is 5.65 Å². The van der Waals surface area contributed by atoms with Crippen LogP contribution in [0.3, 0.4) is 0 Å². The Labute approximate surface area is 170 Å². The van der Waals surface area contributed by atoms with Crippen molar-refractivity contribution < 1.29 is 18.0 Å². The third-order valence-corrected chi connectivity index (χ3v) is 5.10. The summed E-state index contributed by atoms with van der Waals surface area (Å²) >= 11 is 4.44. The van der Waals surface area contributed by atoms with Crippen molar-refractivity contribution in [2.75, 3.05) is 11.1 Å². The number of amides is 1. The maximum atomic E-state index is 13.0. The predicted octanol–water partition coefficient (Wildman–Crippen LogP) is 4.35. The fraction of sp³-hybridized carbons (Fsp3) is 0.167. The highest BCUT2D eigenvalue weighted by Crippen LogP contribution is 2.34. The Bertz CT molecular complexity index is 1090. The summed E-state index contributed by atoms with van der Waals surface area (Å²) in [6.07, 6.45) is -2.95. The second-order valence-corrected chi connectivity index (χ2v) is 7.65. The topological polar surface area (TPSA) is 63.5 Å². The minimum absolute atomic E-state index is 0.0758. The number of carbonyl (C=O) groups is 1. The molecule has 3 aromatic rings. The number of hydrogen-bond donors (Lipinski definition) is 1. The van der Waals surface area contributed by atoms with Crippen molar-refractivity contribution in [2.45, 2.75) is 11.9 Å². The van der Waals surface area contributed by atoms with Crippen LogP contribution in [0, 0.1) is 0 Å². The zero-order chi connectivity index (χ0) is 20.3. The molecule has 0 saturated heterocycles. The van der Waals surface area contributed by atoms with Crippen LogP contribution in [0.4, 0.5) is 18.9 Å². The van der Waals surface area contributed by atoms with E-state index in [-0.39, 0.29) is 22.8 Å². The molecule has 146 valence electrons. The molecule has 1 amide bonds. The van der Waals surface area contributed by atoms with Crippen LogP contribution in [0.25, 0.3) is 5.65 Å². The highest BCUT2D eigenvalue weighted by Gasteiger charge is 2.33. The predicted molar refractivity (Wildman–Crippen MR) is 105 cm³/mol. The van der Waals surface area contributed by atoms with Gasteiger partial charge in [0.05, 0.1) is 22.7 Å². The second-order valence-electron chi connectivity index (χ2n) is 5.75. The maximum Gasteiger partial charge on any atom is 0.418 e. The summed E-state index contributed by atoms with van der Waals surface area (Å²) in [5, 5.41) is 2.28. The van der Waals surface area contributed by atoms with Gasteiger partial charge >= 0.3 is 6.18 Å². The van der Waals surface area contributed by atoms with Crippen molar-refractivity contribution in [1.82, 2.24) is 9.38 Å². The molecule has 0 spiro atoms. The Kier molecular flexibility index (Phi) is 6.09. The van der Waals surface area contributed by atoms with Crippen LogP contribution in [0.5, 0.6) is 0 Å². The van der Waals surface area contributed by atoms with E-state index in [4.69, 9.17) is 0 Å². The van der Waals surface area contributed by atoms with Gasteiger partial charge < -0.3 is 5.32 Å². The summed E-state index contributed by atoms with van der Waals surface area (Å²) < 4.78 is 41.0. The van der Waals surface area contributed by atoms with Gasteiger partial charge in [0.15, 0.2) is 0 Å². The molecule has 0 aliphatic heterocycles. The number of pyridine rings is 1. The lowest BCUT2D eigenvalue weighted by atomic mass is 10.1. The highest BCUT2D eigenvalue weighted by molar-refractivity contribution is 9.10. The average molecular weight is 472 g/mol. The van der Waals surface area contributed by atoms with Gasteiger partial charge in [-0.2, -0.15) is 13.2 Å². The van der Waals surface area contributed by atoms with Crippen molar-refractivity contribution in [1.29, 1.82) is 0 Å². The molecule has 0 bridgehead atoms. The minimum atomic E-state index is -4.55. The second kappa shape index (κ2) is 8.36. The summed E-state index contributed by atoms with van der Waals surface area (Å²) in [6.45, 7) is 0. The highest BCUT2D eigenvalue weighted by atomic mass is 79.9. The van der Waals surface area contributed by atoms with E-state index in [1.165, 1.54) is 28.7 Å². The number of halogens is 4. The smallest absolute Gasteiger partial charge is 0.325 e. The molecule has 2 heterocycles. The summed E-state index contributed by atoms with van der Waals surface area (Å²) in [5.41, 5.74) is -0.488.